The van der Waals surface area contributed by atoms with E-state index in [9.17, 15) is 34.5 Å². The van der Waals surface area contributed by atoms with Crippen LogP contribution < -0.4 is 21.4 Å². The average molecular weight is 705 g/mol. The first-order valence-electron chi connectivity index (χ1n) is 16.9. The lowest BCUT2D eigenvalue weighted by Crippen LogP contribution is -2.60. The fraction of sp³-hybridized carbons (Fsp3) is 0.447. The molecule has 1 heterocycles. The third-order valence-electron chi connectivity index (χ3n) is 8.23. The number of carbonyl (C=O) groups excluding carboxylic acids is 2. The Kier molecular flexibility index (Phi) is 14.8. The number of aliphatic hydroxyl groups is 1. The molecular formula is C38H52N6O7. The zero-order valence-corrected chi connectivity index (χ0v) is 30.2. The highest BCUT2D eigenvalue weighted by Gasteiger charge is 2.36. The number of pyridine rings is 1. The Balaban J connectivity index is 1.94. The molecule has 0 saturated heterocycles. The highest BCUT2D eigenvalue weighted by Crippen LogP contribution is 2.22. The summed E-state index contributed by atoms with van der Waals surface area (Å²) in [5.74, 6) is -3.18. The molecule has 2 amide bonds. The van der Waals surface area contributed by atoms with Crippen LogP contribution in [0.5, 0.6) is 0 Å². The lowest BCUT2D eigenvalue weighted by atomic mass is 9.85. The monoisotopic (exact) mass is 704 g/mol. The number of hydrogen-bond acceptors (Lipinski definition) is 9. The maximum absolute atomic E-state index is 13.8. The molecular weight excluding hydrogens is 652 g/mol. The largest absolute Gasteiger partial charge is 0.480 e. The molecule has 0 bridgehead atoms. The van der Waals surface area contributed by atoms with E-state index >= 15 is 0 Å². The summed E-state index contributed by atoms with van der Waals surface area (Å²) in [6.07, 6.45) is 0.736. The van der Waals surface area contributed by atoms with Crippen molar-refractivity contribution in [3.63, 3.8) is 0 Å². The van der Waals surface area contributed by atoms with Crippen LogP contribution in [-0.4, -0.2) is 92.9 Å². The first kappa shape index (κ1) is 40.7. The summed E-state index contributed by atoms with van der Waals surface area (Å²) >= 11 is 0. The molecule has 7 N–H and O–H groups in total. The summed E-state index contributed by atoms with van der Waals surface area (Å²) in [6.45, 7) is 10.1. The third-order valence-corrected chi connectivity index (χ3v) is 8.23. The Morgan fingerprint density at radius 1 is 0.725 bits per heavy atom. The Bertz CT molecular complexity index is 1570. The Hall–Kier alpha value is -4.69. The molecule has 0 unspecified atom stereocenters. The van der Waals surface area contributed by atoms with Gasteiger partial charge in [-0.25, -0.2) is 5.01 Å². The van der Waals surface area contributed by atoms with E-state index < -0.39 is 71.9 Å². The fourth-order valence-electron chi connectivity index (χ4n) is 5.64. The van der Waals surface area contributed by atoms with Crippen molar-refractivity contribution in [2.24, 2.45) is 10.8 Å². The van der Waals surface area contributed by atoms with Gasteiger partial charge in [0, 0.05) is 24.8 Å². The van der Waals surface area contributed by atoms with Crippen LogP contribution in [0.15, 0.2) is 79.0 Å². The van der Waals surface area contributed by atoms with Crippen molar-refractivity contribution < 1.29 is 34.5 Å². The number of carbonyl (C=O) groups is 4. The number of benzene rings is 2. The minimum absolute atomic E-state index is 0.121. The van der Waals surface area contributed by atoms with Crippen LogP contribution in [0.25, 0.3) is 11.3 Å². The maximum atomic E-state index is 13.8. The number of carboxylic acid groups (broad SMARTS) is 2. The van der Waals surface area contributed by atoms with Crippen molar-refractivity contribution in [3.05, 3.63) is 90.1 Å². The predicted octanol–water partition coefficient (Wildman–Crippen LogP) is 2.85. The summed E-state index contributed by atoms with van der Waals surface area (Å²) in [7, 11) is 0. The molecule has 13 nitrogen and oxygen atoms in total. The number of aliphatic hydroxyl groups excluding tert-OH is 1. The first-order valence-corrected chi connectivity index (χ1v) is 16.9. The van der Waals surface area contributed by atoms with Gasteiger partial charge in [0.1, 0.15) is 0 Å². The minimum Gasteiger partial charge on any atom is -0.480 e. The molecule has 13 heteroatoms. The number of rotatable bonds is 18. The number of aliphatic carboxylic acids is 2. The smallest absolute Gasteiger partial charge is 0.317 e. The number of carboxylic acids is 2. The Morgan fingerprint density at radius 3 is 1.78 bits per heavy atom. The van der Waals surface area contributed by atoms with Crippen LogP contribution in [0.3, 0.4) is 0 Å². The summed E-state index contributed by atoms with van der Waals surface area (Å²) < 4.78 is 0. The predicted molar refractivity (Wildman–Crippen MR) is 194 cm³/mol. The van der Waals surface area contributed by atoms with Crippen LogP contribution in [0.4, 0.5) is 0 Å². The zero-order valence-electron chi connectivity index (χ0n) is 30.2. The Morgan fingerprint density at radius 2 is 1.27 bits per heavy atom. The number of amides is 2. The highest BCUT2D eigenvalue weighted by atomic mass is 16.4. The molecule has 3 aromatic rings. The fourth-order valence-corrected chi connectivity index (χ4v) is 5.64. The number of aromatic nitrogens is 1. The molecule has 0 saturated carbocycles. The van der Waals surface area contributed by atoms with Crippen LogP contribution >= 0.6 is 0 Å². The maximum Gasteiger partial charge on any atom is 0.317 e. The van der Waals surface area contributed by atoms with Crippen LogP contribution in [-0.2, 0) is 32.1 Å². The normalized spacial score (nSPS) is 14.3. The van der Waals surface area contributed by atoms with Gasteiger partial charge >= 0.3 is 11.9 Å². The number of nitrogens with one attached hydrogen (secondary N) is 4. The standard InChI is InChI=1S/C38H52N6O7/c1-37(2,3)33(40-21-31(46)47)35(50)42-29(20-25-12-8-7-9-13-25)30(45)24-44(43-36(51)34(38(4,5)6)41-22-32(48)49)23-26-15-17-27(18-16-26)28-14-10-11-19-39-28/h7-19,29-30,33-34,40-41,45H,20-24H2,1-6H3,(H,42,50)(H,43,51)(H,46,47)(H,48,49)/t29-,30-,33+,34+/m0/s1. The van der Waals surface area contributed by atoms with Gasteiger partial charge in [-0.3, -0.25) is 40.2 Å². The number of hydrazine groups is 1. The average Bonchev–Trinajstić information content (AvgIpc) is 3.04. The summed E-state index contributed by atoms with van der Waals surface area (Å²) in [4.78, 5) is 54.6. The second-order valence-corrected chi connectivity index (χ2v) is 14.8. The van der Waals surface area contributed by atoms with Crippen molar-refractivity contribution in [2.75, 3.05) is 19.6 Å². The van der Waals surface area contributed by atoms with Gasteiger partial charge in [-0.15, -0.1) is 0 Å². The molecule has 0 aliphatic heterocycles. The van der Waals surface area contributed by atoms with Gasteiger partial charge in [0.2, 0.25) is 5.91 Å². The molecule has 0 aliphatic carbocycles. The van der Waals surface area contributed by atoms with E-state index in [1.54, 1.807) is 11.2 Å². The first-order chi connectivity index (χ1) is 23.9. The molecule has 4 atom stereocenters. The molecule has 2 aromatic carbocycles. The molecule has 51 heavy (non-hydrogen) atoms. The molecule has 0 aliphatic rings. The molecule has 3 rings (SSSR count). The van der Waals surface area contributed by atoms with Gasteiger partial charge in [-0.2, -0.15) is 0 Å². The van der Waals surface area contributed by atoms with Crippen molar-refractivity contribution >= 4 is 23.8 Å². The van der Waals surface area contributed by atoms with E-state index in [1.807, 2.05) is 114 Å². The number of hydrogen-bond donors (Lipinski definition) is 7. The van der Waals surface area contributed by atoms with E-state index in [0.717, 1.165) is 22.4 Å². The van der Waals surface area contributed by atoms with Crippen molar-refractivity contribution in [1.29, 1.82) is 0 Å². The van der Waals surface area contributed by atoms with Crippen LogP contribution in [0, 0.1) is 10.8 Å². The topological polar surface area (TPSA) is 193 Å². The third kappa shape index (κ3) is 13.5. The van der Waals surface area contributed by atoms with Gasteiger partial charge < -0.3 is 20.6 Å². The molecule has 0 fully saturated rings. The van der Waals surface area contributed by atoms with Gasteiger partial charge in [0.15, 0.2) is 0 Å². The van der Waals surface area contributed by atoms with Crippen molar-refractivity contribution in [2.45, 2.75) is 78.7 Å². The summed E-state index contributed by atoms with van der Waals surface area (Å²) in [5, 5.41) is 40.6. The Labute approximate surface area is 299 Å². The van der Waals surface area contributed by atoms with Gasteiger partial charge in [0.25, 0.3) is 5.91 Å². The molecule has 276 valence electrons. The van der Waals surface area contributed by atoms with E-state index in [4.69, 9.17) is 0 Å². The number of nitrogens with zero attached hydrogens (tertiary/aromatic N) is 2. The quantitative estimate of drug-likeness (QED) is 0.0964. The lowest BCUT2D eigenvalue weighted by molar-refractivity contribution is -0.138. The minimum atomic E-state index is -1.22. The van der Waals surface area contributed by atoms with E-state index in [-0.39, 0.29) is 19.5 Å². The molecule has 0 spiro atoms. The summed E-state index contributed by atoms with van der Waals surface area (Å²) in [5.41, 5.74) is 4.93. The van der Waals surface area contributed by atoms with Crippen molar-refractivity contribution in [1.82, 2.24) is 31.4 Å². The zero-order chi connectivity index (χ0) is 37.8. The summed E-state index contributed by atoms with van der Waals surface area (Å²) in [6, 6.07) is 19.9. The van der Waals surface area contributed by atoms with Crippen molar-refractivity contribution in [3.8, 4) is 11.3 Å². The molecule has 0 radical (unpaired) electrons. The van der Waals surface area contributed by atoms with Gasteiger partial charge in [-0.05, 0) is 40.5 Å². The van der Waals surface area contributed by atoms with E-state index in [0.29, 0.717) is 0 Å². The highest BCUT2D eigenvalue weighted by molar-refractivity contribution is 5.84. The van der Waals surface area contributed by atoms with E-state index in [1.165, 1.54) is 0 Å². The van der Waals surface area contributed by atoms with Gasteiger partial charge in [0.05, 0.1) is 43.0 Å². The second-order valence-electron chi connectivity index (χ2n) is 14.8. The van der Waals surface area contributed by atoms with Crippen LogP contribution in [0.2, 0.25) is 0 Å². The lowest BCUT2D eigenvalue weighted by Gasteiger charge is -2.36. The van der Waals surface area contributed by atoms with Crippen LogP contribution in [0.1, 0.15) is 52.7 Å². The molecule has 1 aromatic heterocycles. The van der Waals surface area contributed by atoms with Gasteiger partial charge in [-0.1, -0.05) is 102 Å². The SMILES string of the molecule is CC(C)(C)[C@H](NCC(=O)O)C(=O)N[C@@H](Cc1ccccc1)[C@@H](O)CN(Cc1ccc(-c2ccccn2)cc1)NC(=O)[C@@H](NCC(=O)O)C(C)(C)C. The van der Waals surface area contributed by atoms with E-state index in [2.05, 4.69) is 26.4 Å². The second kappa shape index (κ2) is 18.5.